The number of hydrogen-bond donors (Lipinski definition) is 0. The van der Waals surface area contributed by atoms with Gasteiger partial charge in [0.2, 0.25) is 0 Å². The summed E-state index contributed by atoms with van der Waals surface area (Å²) in [5, 5.41) is 5.54. The summed E-state index contributed by atoms with van der Waals surface area (Å²) in [6.07, 6.45) is 6.15. The van der Waals surface area contributed by atoms with Gasteiger partial charge in [-0.2, -0.15) is 0 Å². The van der Waals surface area contributed by atoms with Crippen LogP contribution in [0.25, 0.3) is 32.7 Å². The largest absolute Gasteiger partial charge is 0.0654 e. The molecule has 0 spiro atoms. The number of benzene rings is 4. The molecule has 0 heterocycles. The van der Waals surface area contributed by atoms with Gasteiger partial charge in [-0.3, -0.25) is 0 Å². The monoisotopic (exact) mass is 336 g/mol. The molecule has 0 fully saturated rings. The van der Waals surface area contributed by atoms with E-state index < -0.39 is 0 Å². The normalized spacial score (nSPS) is 12.5. The first kappa shape index (κ1) is 15.6. The van der Waals surface area contributed by atoms with E-state index in [0.29, 0.717) is 0 Å². The highest BCUT2D eigenvalue weighted by Crippen LogP contribution is 2.42. The molecule has 0 nitrogen and oxygen atoms in total. The Labute approximate surface area is 155 Å². The molecule has 0 amide bonds. The van der Waals surface area contributed by atoms with E-state index in [2.05, 4.69) is 73.7 Å². The molecule has 1 aliphatic rings. The summed E-state index contributed by atoms with van der Waals surface area (Å²) in [5.41, 5.74) is 7.27. The van der Waals surface area contributed by atoms with Gasteiger partial charge in [-0.05, 0) is 68.6 Å². The third-order valence-electron chi connectivity index (χ3n) is 5.90. The first-order valence-electron chi connectivity index (χ1n) is 9.90. The Morgan fingerprint density at radius 2 is 1.58 bits per heavy atom. The molecule has 0 aromatic heterocycles. The number of unbranched alkanes of at least 4 members (excludes halogenated alkanes) is 2. The van der Waals surface area contributed by atoms with Crippen LogP contribution in [0.5, 0.6) is 0 Å². The first-order valence-corrected chi connectivity index (χ1v) is 9.90. The average Bonchev–Trinajstić information content (AvgIpc) is 3.06. The van der Waals surface area contributed by atoms with Crippen LogP contribution in [0.1, 0.15) is 42.9 Å². The minimum Gasteiger partial charge on any atom is -0.0654 e. The molecule has 0 radical (unpaired) electrons. The lowest BCUT2D eigenvalue weighted by Gasteiger charge is -2.11. The molecule has 0 atom stereocenters. The Bertz CT molecular complexity index is 1120. The quantitative estimate of drug-likeness (QED) is 0.239. The van der Waals surface area contributed by atoms with E-state index >= 15 is 0 Å². The summed E-state index contributed by atoms with van der Waals surface area (Å²) in [5.74, 6) is 0. The highest BCUT2D eigenvalue weighted by atomic mass is 14.2. The van der Waals surface area contributed by atoms with Crippen molar-refractivity contribution < 1.29 is 0 Å². The molecule has 0 saturated heterocycles. The molecular weight excluding hydrogens is 312 g/mol. The standard InChI is InChI=1S/C26H24/c1-2-3-4-7-18-10-13-22-20(16-18)11-15-25-24(22)14-12-21-17-19-8-5-6-9-23(19)26(21)25/h5-6,8-16H,2-4,7,17H2,1H3. The van der Waals surface area contributed by atoms with E-state index in [4.69, 9.17) is 0 Å². The molecule has 1 aliphatic carbocycles. The summed E-state index contributed by atoms with van der Waals surface area (Å²) < 4.78 is 0. The third-order valence-corrected chi connectivity index (χ3v) is 5.90. The van der Waals surface area contributed by atoms with Crippen molar-refractivity contribution in [1.29, 1.82) is 0 Å². The maximum atomic E-state index is 2.39. The maximum absolute atomic E-state index is 2.39. The summed E-state index contributed by atoms with van der Waals surface area (Å²) in [6, 6.07) is 25.3. The SMILES string of the molecule is CCCCCc1ccc2c(ccc3c4c(ccc32)Cc2ccccc2-4)c1. The Morgan fingerprint density at radius 3 is 2.50 bits per heavy atom. The average molecular weight is 336 g/mol. The highest BCUT2D eigenvalue weighted by molar-refractivity contribution is 6.13. The van der Waals surface area contributed by atoms with Crippen molar-refractivity contribution in [3.05, 3.63) is 83.4 Å². The summed E-state index contributed by atoms with van der Waals surface area (Å²) in [6.45, 7) is 2.27. The second-order valence-electron chi connectivity index (χ2n) is 7.61. The van der Waals surface area contributed by atoms with Gasteiger partial charge in [0.15, 0.2) is 0 Å². The fraction of sp³-hybridized carbons (Fsp3) is 0.231. The van der Waals surface area contributed by atoms with Crippen LogP contribution in [0.15, 0.2) is 66.7 Å². The molecule has 0 N–H and O–H groups in total. The molecule has 0 heteroatoms. The molecule has 26 heavy (non-hydrogen) atoms. The lowest BCUT2D eigenvalue weighted by Crippen LogP contribution is -1.88. The minimum atomic E-state index is 1.07. The van der Waals surface area contributed by atoms with E-state index in [1.807, 2.05) is 0 Å². The molecule has 4 aromatic carbocycles. The number of aryl methyl sites for hydroxylation is 1. The Kier molecular flexibility index (Phi) is 3.78. The van der Waals surface area contributed by atoms with Gasteiger partial charge in [0.05, 0.1) is 0 Å². The lowest BCUT2D eigenvalue weighted by atomic mass is 9.93. The van der Waals surface area contributed by atoms with E-state index in [1.54, 1.807) is 0 Å². The Hall–Kier alpha value is -2.60. The zero-order valence-electron chi connectivity index (χ0n) is 15.4. The summed E-state index contributed by atoms with van der Waals surface area (Å²) in [7, 11) is 0. The summed E-state index contributed by atoms with van der Waals surface area (Å²) in [4.78, 5) is 0. The zero-order chi connectivity index (χ0) is 17.5. The summed E-state index contributed by atoms with van der Waals surface area (Å²) >= 11 is 0. The van der Waals surface area contributed by atoms with Crippen molar-refractivity contribution in [2.24, 2.45) is 0 Å². The number of fused-ring (bicyclic) bond motifs is 7. The fourth-order valence-corrected chi connectivity index (χ4v) is 4.56. The second kappa shape index (κ2) is 6.29. The van der Waals surface area contributed by atoms with Crippen molar-refractivity contribution in [3.63, 3.8) is 0 Å². The fourth-order valence-electron chi connectivity index (χ4n) is 4.56. The highest BCUT2D eigenvalue weighted by Gasteiger charge is 2.20. The van der Waals surface area contributed by atoms with Crippen LogP contribution >= 0.6 is 0 Å². The topological polar surface area (TPSA) is 0 Å². The minimum absolute atomic E-state index is 1.07. The van der Waals surface area contributed by atoms with Crippen LogP contribution in [0.2, 0.25) is 0 Å². The third kappa shape index (κ3) is 2.44. The Balaban J connectivity index is 1.66. The van der Waals surface area contributed by atoms with Crippen LogP contribution in [0.4, 0.5) is 0 Å². The molecule has 0 bridgehead atoms. The van der Waals surface area contributed by atoms with Gasteiger partial charge >= 0.3 is 0 Å². The molecule has 0 aliphatic heterocycles. The van der Waals surface area contributed by atoms with Crippen molar-refractivity contribution >= 4 is 21.5 Å². The molecule has 5 rings (SSSR count). The van der Waals surface area contributed by atoms with Crippen LogP contribution in [0.3, 0.4) is 0 Å². The van der Waals surface area contributed by atoms with Crippen molar-refractivity contribution in [3.8, 4) is 11.1 Å². The Morgan fingerprint density at radius 1 is 0.731 bits per heavy atom. The van der Waals surface area contributed by atoms with Gasteiger partial charge in [0.1, 0.15) is 0 Å². The van der Waals surface area contributed by atoms with E-state index in [9.17, 15) is 0 Å². The van der Waals surface area contributed by atoms with Gasteiger partial charge in [0, 0.05) is 0 Å². The van der Waals surface area contributed by atoms with E-state index in [0.717, 1.165) is 6.42 Å². The molecular formula is C26H24. The number of hydrogen-bond acceptors (Lipinski definition) is 0. The molecule has 128 valence electrons. The van der Waals surface area contributed by atoms with Crippen LogP contribution in [-0.4, -0.2) is 0 Å². The predicted octanol–water partition coefficient (Wildman–Crippen LogP) is 7.30. The maximum Gasteiger partial charge on any atom is -0.00132 e. The zero-order valence-corrected chi connectivity index (χ0v) is 15.4. The van der Waals surface area contributed by atoms with Gasteiger partial charge in [-0.25, -0.2) is 0 Å². The lowest BCUT2D eigenvalue weighted by molar-refractivity contribution is 0.718. The second-order valence-corrected chi connectivity index (χ2v) is 7.61. The van der Waals surface area contributed by atoms with Crippen molar-refractivity contribution in [1.82, 2.24) is 0 Å². The van der Waals surface area contributed by atoms with Gasteiger partial charge < -0.3 is 0 Å². The molecule has 0 unspecified atom stereocenters. The van der Waals surface area contributed by atoms with Gasteiger partial charge in [-0.1, -0.05) is 86.5 Å². The van der Waals surface area contributed by atoms with Crippen LogP contribution in [0, 0.1) is 0 Å². The predicted molar refractivity (Wildman–Crippen MR) is 113 cm³/mol. The van der Waals surface area contributed by atoms with Crippen molar-refractivity contribution in [2.45, 2.75) is 39.0 Å². The number of rotatable bonds is 4. The van der Waals surface area contributed by atoms with Crippen molar-refractivity contribution in [2.75, 3.05) is 0 Å². The molecule has 4 aromatic rings. The van der Waals surface area contributed by atoms with Gasteiger partial charge in [0.25, 0.3) is 0 Å². The van der Waals surface area contributed by atoms with E-state index in [-0.39, 0.29) is 0 Å². The first-order chi connectivity index (χ1) is 12.8. The van der Waals surface area contributed by atoms with E-state index in [1.165, 1.54) is 75.0 Å². The molecule has 0 saturated carbocycles. The smallest absolute Gasteiger partial charge is 0.00132 e. The van der Waals surface area contributed by atoms with Crippen LogP contribution in [-0.2, 0) is 12.8 Å². The van der Waals surface area contributed by atoms with Crippen LogP contribution < -0.4 is 0 Å². The van der Waals surface area contributed by atoms with Gasteiger partial charge in [-0.15, -0.1) is 0 Å².